The van der Waals surface area contributed by atoms with E-state index in [9.17, 15) is 0 Å². The quantitative estimate of drug-likeness (QED) is 0.363. The molecular weight excluding hydrogens is 542 g/mol. The van der Waals surface area contributed by atoms with Gasteiger partial charge in [-0.15, -0.1) is 66.3 Å². The molecule has 0 amide bonds. The summed E-state index contributed by atoms with van der Waals surface area (Å²) in [7, 11) is 0. The number of allylic oxidation sites excluding steroid dienone is 7. The minimum Gasteiger partial charge on any atom is -0.436 e. The van der Waals surface area contributed by atoms with Gasteiger partial charge in [-0.1, -0.05) is 33.4 Å². The summed E-state index contributed by atoms with van der Waals surface area (Å²) >= 11 is 0. The van der Waals surface area contributed by atoms with Gasteiger partial charge in [0.2, 0.25) is 0 Å². The zero-order chi connectivity index (χ0) is 19.0. The van der Waals surface area contributed by atoms with Gasteiger partial charge in [-0.2, -0.15) is 11.6 Å². The van der Waals surface area contributed by atoms with Crippen molar-refractivity contribution in [1.82, 2.24) is 0 Å². The van der Waals surface area contributed by atoms with E-state index in [0.29, 0.717) is 5.70 Å². The standard InChI is InChI=1S/C11H15.C9H10N.C2H7N.CH3.U/c1-5-7-9-11(8-6-2)10(3)4;1-7-3-5-9(6-4-7)8(2)10;1-2-3;;/h5-6,8-9H,3H2,1-2,4H3;3-5H,2,10H2,1H3;2-3H2,1H3;1H3;/q2*-1;;-1;+3/b8-6-,11-9-;;;;. The molecule has 0 atom stereocenters. The van der Waals surface area contributed by atoms with Crippen LogP contribution in [-0.2, 0) is 0 Å². The van der Waals surface area contributed by atoms with E-state index >= 15 is 0 Å². The Bertz CT molecular complexity index is 564. The second-order valence-electron chi connectivity index (χ2n) is 5.05. The first-order valence-electron chi connectivity index (χ1n) is 7.99. The molecule has 1 rings (SSSR count). The van der Waals surface area contributed by atoms with Crippen LogP contribution in [0.1, 0.15) is 38.8 Å². The smallest absolute Gasteiger partial charge is 0.436 e. The number of aryl methyl sites for hydroxylation is 1. The van der Waals surface area contributed by atoms with Gasteiger partial charge in [0.1, 0.15) is 0 Å². The Morgan fingerprint density at radius 2 is 1.81 bits per heavy atom. The summed E-state index contributed by atoms with van der Waals surface area (Å²) in [5, 5.41) is 0. The van der Waals surface area contributed by atoms with Crippen LogP contribution in [0.25, 0.3) is 5.70 Å². The van der Waals surface area contributed by atoms with Crippen molar-refractivity contribution in [2.75, 3.05) is 6.54 Å². The van der Waals surface area contributed by atoms with E-state index in [0.717, 1.165) is 23.3 Å². The average molecular weight is 578 g/mol. The van der Waals surface area contributed by atoms with E-state index in [2.05, 4.69) is 25.3 Å². The average Bonchev–Trinajstić information content (AvgIpc) is 2.53. The summed E-state index contributed by atoms with van der Waals surface area (Å²) in [6, 6.07) is 8.81. The monoisotopic (exact) mass is 577 g/mol. The molecule has 0 saturated heterocycles. The van der Waals surface area contributed by atoms with Gasteiger partial charge < -0.3 is 18.9 Å². The maximum atomic E-state index is 5.44. The summed E-state index contributed by atoms with van der Waals surface area (Å²) < 4.78 is 0. The zero-order valence-electron chi connectivity index (χ0n) is 17.3. The fourth-order valence-electron chi connectivity index (χ4n) is 1.37. The van der Waals surface area contributed by atoms with Crippen molar-refractivity contribution < 1.29 is 31.1 Å². The van der Waals surface area contributed by atoms with Crippen LogP contribution in [0.3, 0.4) is 0 Å². The summed E-state index contributed by atoms with van der Waals surface area (Å²) in [6.07, 6.45) is 10.9. The molecule has 1 aromatic carbocycles. The van der Waals surface area contributed by atoms with Crippen molar-refractivity contribution in [3.8, 4) is 0 Å². The van der Waals surface area contributed by atoms with E-state index in [-0.39, 0.29) is 38.5 Å². The van der Waals surface area contributed by atoms with E-state index in [4.69, 9.17) is 11.5 Å². The molecule has 141 valence electrons. The summed E-state index contributed by atoms with van der Waals surface area (Å²) in [5.74, 6) is 0. The van der Waals surface area contributed by atoms with Crippen LogP contribution in [0, 0.1) is 57.6 Å². The molecule has 0 bridgehead atoms. The molecule has 0 aliphatic heterocycles. The number of hydrogen-bond donors (Lipinski definition) is 2. The molecule has 26 heavy (non-hydrogen) atoms. The van der Waals surface area contributed by atoms with Crippen molar-refractivity contribution in [3.63, 3.8) is 0 Å². The number of rotatable bonds is 4. The Balaban J connectivity index is -0.000000152. The van der Waals surface area contributed by atoms with Gasteiger partial charge in [0, 0.05) is 0 Å². The molecule has 0 aromatic heterocycles. The maximum absolute atomic E-state index is 5.44. The third kappa shape index (κ3) is 19.1. The minimum absolute atomic E-state index is 0. The molecule has 1 radical (unpaired) electrons. The predicted octanol–water partition coefficient (Wildman–Crippen LogP) is 5.58. The summed E-state index contributed by atoms with van der Waals surface area (Å²) in [4.78, 5) is 0. The van der Waals surface area contributed by atoms with Gasteiger partial charge >= 0.3 is 31.1 Å². The van der Waals surface area contributed by atoms with Crippen LogP contribution < -0.4 is 11.5 Å². The minimum atomic E-state index is 0. The SMILES string of the molecule is C=C(C)C(/C=C\C)=C\[C-]=CC.C=C(N)c1[c-]cc(C)cc1.CCN.[CH3-].[U+3]. The van der Waals surface area contributed by atoms with Gasteiger partial charge in [0.15, 0.2) is 0 Å². The fourth-order valence-corrected chi connectivity index (χ4v) is 1.37. The van der Waals surface area contributed by atoms with E-state index in [1.54, 1.807) is 0 Å². The molecule has 0 saturated carbocycles. The molecule has 0 aliphatic carbocycles. The van der Waals surface area contributed by atoms with Crippen LogP contribution >= 0.6 is 0 Å². The van der Waals surface area contributed by atoms with Crippen molar-refractivity contribution in [2.45, 2.75) is 34.6 Å². The van der Waals surface area contributed by atoms with Crippen LogP contribution in [0.5, 0.6) is 0 Å². The molecule has 1 aromatic rings. The molecule has 0 unspecified atom stereocenters. The molecule has 0 spiro atoms. The normalized spacial score (nSPS) is 9.85. The largest absolute Gasteiger partial charge is 3.00 e. The van der Waals surface area contributed by atoms with Crippen LogP contribution in [0.4, 0.5) is 0 Å². The topological polar surface area (TPSA) is 52.0 Å². The molecule has 0 heterocycles. The first kappa shape index (κ1) is 32.4. The van der Waals surface area contributed by atoms with E-state index in [1.807, 2.05) is 77.1 Å². The summed E-state index contributed by atoms with van der Waals surface area (Å²) in [6.45, 7) is 18.0. The van der Waals surface area contributed by atoms with Crippen molar-refractivity contribution in [3.05, 3.63) is 97.5 Å². The molecule has 3 heteroatoms. The van der Waals surface area contributed by atoms with Crippen LogP contribution in [0.15, 0.2) is 66.8 Å². The fraction of sp³-hybridized carbons (Fsp3) is 0.261. The molecule has 2 nitrogen and oxygen atoms in total. The van der Waals surface area contributed by atoms with Gasteiger partial charge in [-0.25, -0.2) is 6.08 Å². The van der Waals surface area contributed by atoms with Gasteiger partial charge in [-0.05, 0) is 13.5 Å². The number of hydrogen-bond acceptors (Lipinski definition) is 2. The molecule has 0 aliphatic rings. The van der Waals surface area contributed by atoms with Crippen molar-refractivity contribution in [2.24, 2.45) is 11.5 Å². The second kappa shape index (κ2) is 21.8. The molecule has 4 N–H and O–H groups in total. The van der Waals surface area contributed by atoms with E-state index in [1.165, 1.54) is 5.56 Å². The zero-order valence-corrected chi connectivity index (χ0v) is 21.5. The summed E-state index contributed by atoms with van der Waals surface area (Å²) in [5.41, 5.74) is 15.1. The number of benzene rings is 1. The third-order valence-corrected chi connectivity index (χ3v) is 2.56. The van der Waals surface area contributed by atoms with Crippen LogP contribution in [0.2, 0.25) is 0 Å². The second-order valence-corrected chi connectivity index (χ2v) is 5.05. The van der Waals surface area contributed by atoms with Gasteiger partial charge in [0.25, 0.3) is 0 Å². The van der Waals surface area contributed by atoms with E-state index < -0.39 is 0 Å². The Kier molecular flexibility index (Phi) is 27.1. The van der Waals surface area contributed by atoms with Crippen molar-refractivity contribution in [1.29, 1.82) is 0 Å². The van der Waals surface area contributed by atoms with Crippen molar-refractivity contribution >= 4 is 5.70 Å². The van der Waals surface area contributed by atoms with Crippen LogP contribution in [-0.4, -0.2) is 6.54 Å². The van der Waals surface area contributed by atoms with Gasteiger partial charge in [-0.3, -0.25) is 6.08 Å². The Hall–Kier alpha value is -1.27. The predicted molar refractivity (Wildman–Crippen MR) is 116 cm³/mol. The number of nitrogens with two attached hydrogens (primary N) is 2. The van der Waals surface area contributed by atoms with Gasteiger partial charge in [0.05, 0.1) is 0 Å². The Morgan fingerprint density at radius 1 is 1.27 bits per heavy atom. The first-order chi connectivity index (χ1) is 11.3. The molecular formula is C23H35N2U. The Labute approximate surface area is 186 Å². The Morgan fingerprint density at radius 3 is 2.12 bits per heavy atom. The first-order valence-corrected chi connectivity index (χ1v) is 7.99. The molecule has 0 fully saturated rings. The maximum Gasteiger partial charge on any atom is 3.00 e. The third-order valence-electron chi connectivity index (χ3n) is 2.56.